The van der Waals surface area contributed by atoms with E-state index in [1.54, 1.807) is 0 Å². The fraction of sp³-hybridized carbons (Fsp3) is 0.923. The molecule has 0 bridgehead atoms. The van der Waals surface area contributed by atoms with E-state index in [2.05, 4.69) is 33.0 Å². The summed E-state index contributed by atoms with van der Waals surface area (Å²) < 4.78 is 10.8. The van der Waals surface area contributed by atoms with Crippen molar-refractivity contribution >= 4 is 5.97 Å². The first kappa shape index (κ1) is 12.8. The zero-order valence-electron chi connectivity index (χ0n) is 11.4. The third-order valence-electron chi connectivity index (χ3n) is 3.43. The highest BCUT2D eigenvalue weighted by atomic mass is 16.7. The largest absolute Gasteiger partial charge is 0.464 e. The zero-order valence-corrected chi connectivity index (χ0v) is 11.4. The van der Waals surface area contributed by atoms with Crippen molar-refractivity contribution in [1.82, 2.24) is 5.32 Å². The molecule has 0 aromatic rings. The molecule has 1 spiro atoms. The van der Waals surface area contributed by atoms with Crippen molar-refractivity contribution in [1.29, 1.82) is 0 Å². The first-order valence-electron chi connectivity index (χ1n) is 6.34. The Labute approximate surface area is 103 Å². The molecule has 4 heteroatoms. The first-order chi connectivity index (χ1) is 7.70. The second-order valence-corrected chi connectivity index (χ2v) is 6.56. The predicted molar refractivity (Wildman–Crippen MR) is 64.8 cm³/mol. The number of carbonyl (C=O) groups excluding carboxylic acids is 1. The normalized spacial score (nSPS) is 32.2. The van der Waals surface area contributed by atoms with E-state index in [-0.39, 0.29) is 28.8 Å². The molecular weight excluding hydrogens is 218 g/mol. The molecule has 0 aromatic carbocycles. The topological polar surface area (TPSA) is 50.9 Å². The van der Waals surface area contributed by atoms with Gasteiger partial charge in [0.1, 0.15) is 5.60 Å². The SMILES string of the molecule is CCOC(=O)C1OC12CC(C)(C)NC(C)(C)C2. The van der Waals surface area contributed by atoms with Gasteiger partial charge in [-0.1, -0.05) is 0 Å². The van der Waals surface area contributed by atoms with Crippen LogP contribution in [0.5, 0.6) is 0 Å². The van der Waals surface area contributed by atoms with Crippen molar-refractivity contribution in [2.75, 3.05) is 6.61 Å². The van der Waals surface area contributed by atoms with Crippen molar-refractivity contribution in [3.63, 3.8) is 0 Å². The molecule has 1 atom stereocenters. The van der Waals surface area contributed by atoms with Gasteiger partial charge in [0.25, 0.3) is 0 Å². The summed E-state index contributed by atoms with van der Waals surface area (Å²) in [5.41, 5.74) is -0.323. The number of rotatable bonds is 2. The maximum atomic E-state index is 11.7. The highest BCUT2D eigenvalue weighted by Crippen LogP contribution is 2.51. The molecule has 2 aliphatic heterocycles. The molecule has 0 amide bonds. The smallest absolute Gasteiger partial charge is 0.338 e. The highest BCUT2D eigenvalue weighted by Gasteiger charge is 2.66. The van der Waals surface area contributed by atoms with Crippen molar-refractivity contribution in [3.8, 4) is 0 Å². The minimum absolute atomic E-state index is 0.0109. The second-order valence-electron chi connectivity index (χ2n) is 6.56. The average molecular weight is 241 g/mol. The van der Waals surface area contributed by atoms with Gasteiger partial charge in [0.05, 0.1) is 6.61 Å². The van der Waals surface area contributed by atoms with E-state index in [4.69, 9.17) is 9.47 Å². The summed E-state index contributed by atoms with van der Waals surface area (Å²) in [7, 11) is 0. The van der Waals surface area contributed by atoms with E-state index in [1.165, 1.54) is 0 Å². The second kappa shape index (κ2) is 3.69. The Morgan fingerprint density at radius 3 is 2.29 bits per heavy atom. The third-order valence-corrected chi connectivity index (χ3v) is 3.43. The summed E-state index contributed by atoms with van der Waals surface area (Å²) >= 11 is 0. The van der Waals surface area contributed by atoms with Gasteiger partial charge < -0.3 is 14.8 Å². The van der Waals surface area contributed by atoms with Gasteiger partial charge >= 0.3 is 5.97 Å². The van der Waals surface area contributed by atoms with Crippen molar-refractivity contribution < 1.29 is 14.3 Å². The molecule has 2 rings (SSSR count). The van der Waals surface area contributed by atoms with Gasteiger partial charge in [-0.15, -0.1) is 0 Å². The summed E-state index contributed by atoms with van der Waals surface area (Å²) in [4.78, 5) is 11.7. The lowest BCUT2D eigenvalue weighted by atomic mass is 9.74. The van der Waals surface area contributed by atoms with Gasteiger partial charge in [-0.2, -0.15) is 0 Å². The molecular formula is C13H23NO3. The van der Waals surface area contributed by atoms with Crippen LogP contribution in [0.4, 0.5) is 0 Å². The van der Waals surface area contributed by atoms with Crippen molar-refractivity contribution in [3.05, 3.63) is 0 Å². The van der Waals surface area contributed by atoms with Gasteiger partial charge in [0.15, 0.2) is 6.10 Å². The number of ether oxygens (including phenoxy) is 2. The lowest BCUT2D eigenvalue weighted by molar-refractivity contribution is -0.144. The van der Waals surface area contributed by atoms with Crippen LogP contribution in [0.2, 0.25) is 0 Å². The van der Waals surface area contributed by atoms with Crippen LogP contribution in [0.3, 0.4) is 0 Å². The van der Waals surface area contributed by atoms with E-state index in [9.17, 15) is 4.79 Å². The molecule has 4 nitrogen and oxygen atoms in total. The van der Waals surface area contributed by atoms with Gasteiger partial charge in [-0.25, -0.2) is 4.79 Å². The number of carbonyl (C=O) groups is 1. The molecule has 2 saturated heterocycles. The summed E-state index contributed by atoms with van der Waals surface area (Å²) in [6.45, 7) is 10.8. The molecule has 2 aliphatic rings. The van der Waals surface area contributed by atoms with E-state index in [0.29, 0.717) is 6.61 Å². The van der Waals surface area contributed by atoms with Gasteiger partial charge in [-0.3, -0.25) is 0 Å². The standard InChI is InChI=1S/C13H23NO3/c1-6-16-10(15)9-13(17-9)7-11(2,3)14-12(4,5)8-13/h9,14H,6-8H2,1-5H3. The third kappa shape index (κ3) is 2.47. The van der Waals surface area contributed by atoms with Crippen LogP contribution in [0.1, 0.15) is 47.5 Å². The van der Waals surface area contributed by atoms with Crippen LogP contribution < -0.4 is 5.32 Å². The number of nitrogens with one attached hydrogen (secondary N) is 1. The van der Waals surface area contributed by atoms with E-state index in [0.717, 1.165) is 12.8 Å². The Bertz CT molecular complexity index is 320. The minimum Gasteiger partial charge on any atom is -0.464 e. The van der Waals surface area contributed by atoms with E-state index < -0.39 is 0 Å². The van der Waals surface area contributed by atoms with Crippen LogP contribution in [0.25, 0.3) is 0 Å². The Hall–Kier alpha value is -0.610. The van der Waals surface area contributed by atoms with E-state index >= 15 is 0 Å². The van der Waals surface area contributed by atoms with Crippen molar-refractivity contribution in [2.24, 2.45) is 0 Å². The lowest BCUT2D eigenvalue weighted by Gasteiger charge is -2.45. The Morgan fingerprint density at radius 2 is 1.82 bits per heavy atom. The van der Waals surface area contributed by atoms with Gasteiger partial charge in [0, 0.05) is 11.1 Å². The van der Waals surface area contributed by atoms with Crippen molar-refractivity contribution in [2.45, 2.75) is 70.2 Å². The van der Waals surface area contributed by atoms with E-state index in [1.807, 2.05) is 6.92 Å². The van der Waals surface area contributed by atoms with Crippen LogP contribution >= 0.6 is 0 Å². The molecule has 2 fully saturated rings. The number of esters is 1. The zero-order chi connectivity index (χ0) is 12.9. The monoisotopic (exact) mass is 241 g/mol. The molecule has 2 heterocycles. The quantitative estimate of drug-likeness (QED) is 0.589. The molecule has 0 saturated carbocycles. The molecule has 1 unspecified atom stereocenters. The lowest BCUT2D eigenvalue weighted by Crippen LogP contribution is -2.61. The maximum Gasteiger partial charge on any atom is 0.338 e. The summed E-state index contributed by atoms with van der Waals surface area (Å²) in [6, 6.07) is 0. The Balaban J connectivity index is 2.10. The van der Waals surface area contributed by atoms with Crippen LogP contribution in [-0.2, 0) is 14.3 Å². The van der Waals surface area contributed by atoms with Crippen LogP contribution in [0, 0.1) is 0 Å². The summed E-state index contributed by atoms with van der Waals surface area (Å²) in [5.74, 6) is -0.207. The first-order valence-corrected chi connectivity index (χ1v) is 6.34. The van der Waals surface area contributed by atoms with Crippen LogP contribution in [-0.4, -0.2) is 35.4 Å². The molecule has 98 valence electrons. The number of hydrogen-bond acceptors (Lipinski definition) is 4. The molecule has 0 radical (unpaired) electrons. The highest BCUT2D eigenvalue weighted by molar-refractivity contribution is 5.79. The molecule has 17 heavy (non-hydrogen) atoms. The summed E-state index contributed by atoms with van der Waals surface area (Å²) in [6.07, 6.45) is 1.35. The molecule has 0 aromatic heterocycles. The fourth-order valence-electron chi connectivity index (χ4n) is 3.51. The fourth-order valence-corrected chi connectivity index (χ4v) is 3.51. The number of hydrogen-bond donors (Lipinski definition) is 1. The minimum atomic E-state index is -0.358. The summed E-state index contributed by atoms with van der Waals surface area (Å²) in [5, 5.41) is 3.59. The number of epoxide rings is 1. The van der Waals surface area contributed by atoms with Gasteiger partial charge in [0.2, 0.25) is 0 Å². The molecule has 1 N–H and O–H groups in total. The predicted octanol–water partition coefficient (Wildman–Crippen LogP) is 1.63. The van der Waals surface area contributed by atoms with Gasteiger partial charge in [-0.05, 0) is 47.5 Å². The Morgan fingerprint density at radius 1 is 1.29 bits per heavy atom. The number of piperidine rings is 1. The Kier molecular flexibility index (Phi) is 2.79. The van der Waals surface area contributed by atoms with Crippen LogP contribution in [0.15, 0.2) is 0 Å². The average Bonchev–Trinajstić information content (AvgIpc) is 2.72. The molecule has 0 aliphatic carbocycles. The maximum absolute atomic E-state index is 11.7.